The highest BCUT2D eigenvalue weighted by molar-refractivity contribution is 5.96. The summed E-state index contributed by atoms with van der Waals surface area (Å²) in [6.07, 6.45) is 5.12. The van der Waals surface area contributed by atoms with E-state index in [1.54, 1.807) is 25.0 Å². The minimum absolute atomic E-state index is 0.117. The molecule has 2 unspecified atom stereocenters. The molecule has 248 valence electrons. The third-order valence-electron chi connectivity index (χ3n) is 9.77. The van der Waals surface area contributed by atoms with E-state index in [0.717, 1.165) is 49.0 Å². The van der Waals surface area contributed by atoms with E-state index in [2.05, 4.69) is 16.8 Å². The van der Waals surface area contributed by atoms with E-state index in [4.69, 9.17) is 19.2 Å². The van der Waals surface area contributed by atoms with Crippen LogP contribution < -0.4 is 14.8 Å². The molecule has 47 heavy (non-hydrogen) atoms. The zero-order valence-electron chi connectivity index (χ0n) is 27.4. The number of esters is 1. The Morgan fingerprint density at radius 3 is 2.55 bits per heavy atom. The molecule has 3 fully saturated rings. The SMILES string of the molecule is C=CC1CC1(NC(=O)[C@@H]1C[C@@H](Oc2cc(-c3ccccc3)nc3cc(OC)ccc23)CN1C(=O)[C@H](C)N1CCCCC1)C(=O)OCC. The summed E-state index contributed by atoms with van der Waals surface area (Å²) >= 11 is 0. The van der Waals surface area contributed by atoms with Crippen molar-refractivity contribution in [2.75, 3.05) is 33.4 Å². The molecule has 0 radical (unpaired) electrons. The summed E-state index contributed by atoms with van der Waals surface area (Å²) in [5.74, 6) is 0.0741. The number of amides is 2. The Balaban J connectivity index is 1.31. The molecule has 0 bridgehead atoms. The molecule has 3 heterocycles. The number of ether oxygens (including phenoxy) is 3. The van der Waals surface area contributed by atoms with Gasteiger partial charge >= 0.3 is 5.97 Å². The van der Waals surface area contributed by atoms with Gasteiger partial charge in [0.25, 0.3) is 0 Å². The topological polar surface area (TPSA) is 110 Å². The van der Waals surface area contributed by atoms with Crippen molar-refractivity contribution < 1.29 is 28.6 Å². The highest BCUT2D eigenvalue weighted by atomic mass is 16.5. The van der Waals surface area contributed by atoms with Crippen LogP contribution in [-0.4, -0.2) is 89.6 Å². The summed E-state index contributed by atoms with van der Waals surface area (Å²) < 4.78 is 17.5. The van der Waals surface area contributed by atoms with Crippen LogP contribution in [0.15, 0.2) is 67.3 Å². The summed E-state index contributed by atoms with van der Waals surface area (Å²) in [6, 6.07) is 16.2. The van der Waals surface area contributed by atoms with E-state index in [0.29, 0.717) is 23.4 Å². The number of nitrogens with one attached hydrogen (secondary N) is 1. The smallest absolute Gasteiger partial charge is 0.332 e. The predicted molar refractivity (Wildman–Crippen MR) is 179 cm³/mol. The molecule has 1 aromatic heterocycles. The first kappa shape index (κ1) is 32.5. The van der Waals surface area contributed by atoms with Crippen LogP contribution in [0.1, 0.15) is 46.0 Å². The van der Waals surface area contributed by atoms with Crippen LogP contribution in [-0.2, 0) is 19.1 Å². The molecule has 5 atom stereocenters. The number of carbonyl (C=O) groups is 3. The van der Waals surface area contributed by atoms with Crippen LogP contribution in [0.2, 0.25) is 0 Å². The third-order valence-corrected chi connectivity index (χ3v) is 9.77. The molecule has 3 aliphatic rings. The van der Waals surface area contributed by atoms with Crippen molar-refractivity contribution in [3.8, 4) is 22.8 Å². The van der Waals surface area contributed by atoms with Gasteiger partial charge in [0.05, 0.1) is 37.5 Å². The van der Waals surface area contributed by atoms with Crippen molar-refractivity contribution in [2.45, 2.75) is 69.7 Å². The lowest BCUT2D eigenvalue weighted by Crippen LogP contribution is -2.56. The van der Waals surface area contributed by atoms with Crippen LogP contribution in [0, 0.1) is 5.92 Å². The van der Waals surface area contributed by atoms with Crippen LogP contribution in [0.3, 0.4) is 0 Å². The molecule has 10 heteroatoms. The average molecular weight is 641 g/mol. The van der Waals surface area contributed by atoms with Gasteiger partial charge in [0.1, 0.15) is 29.2 Å². The molecular weight excluding hydrogens is 596 g/mol. The number of rotatable bonds is 11. The molecule has 3 aromatic rings. The minimum atomic E-state index is -1.16. The predicted octanol–water partition coefficient (Wildman–Crippen LogP) is 4.76. The van der Waals surface area contributed by atoms with Gasteiger partial charge in [0.2, 0.25) is 11.8 Å². The van der Waals surface area contributed by atoms with Crippen molar-refractivity contribution in [3.63, 3.8) is 0 Å². The standard InChI is InChI=1S/C37H44N4O6/c1-5-26-22-37(26,36(44)46-6-2)39-34(42)32-20-28(23-41(32)35(43)24(3)40-17-11-8-12-18-40)47-33-21-30(25-13-9-7-10-14-25)38-31-19-27(45-4)15-16-29(31)33/h5,7,9-10,13-16,19,21,24,26,28,32H,1,6,8,11-12,17-18,20,22-23H2,2-4H3,(H,39,42)/t24-,26?,28+,32-,37?/m0/s1. The Kier molecular flexibility index (Phi) is 9.50. The number of fused-ring (bicyclic) bond motifs is 1. The van der Waals surface area contributed by atoms with Crippen molar-refractivity contribution in [1.29, 1.82) is 0 Å². The maximum absolute atomic E-state index is 14.1. The van der Waals surface area contributed by atoms with Gasteiger partial charge in [-0.15, -0.1) is 6.58 Å². The molecule has 2 aromatic carbocycles. The number of likely N-dealkylation sites (tertiary alicyclic amines) is 2. The van der Waals surface area contributed by atoms with Gasteiger partial charge in [-0.05, 0) is 58.3 Å². The Morgan fingerprint density at radius 1 is 1.11 bits per heavy atom. The number of hydrogen-bond acceptors (Lipinski definition) is 8. The molecular formula is C37H44N4O6. The highest BCUT2D eigenvalue weighted by Gasteiger charge is 2.62. The largest absolute Gasteiger partial charge is 0.497 e. The molecule has 1 aliphatic carbocycles. The fourth-order valence-electron chi connectivity index (χ4n) is 6.98. The summed E-state index contributed by atoms with van der Waals surface area (Å²) in [6.45, 7) is 9.63. The molecule has 2 amide bonds. The highest BCUT2D eigenvalue weighted by Crippen LogP contribution is 2.46. The van der Waals surface area contributed by atoms with E-state index < -0.39 is 23.7 Å². The van der Waals surface area contributed by atoms with Crippen LogP contribution in [0.25, 0.3) is 22.2 Å². The Bertz CT molecular complexity index is 1640. The minimum Gasteiger partial charge on any atom is -0.497 e. The maximum atomic E-state index is 14.1. The van der Waals surface area contributed by atoms with Crippen LogP contribution >= 0.6 is 0 Å². The fraction of sp³-hybridized carbons (Fsp3) is 0.459. The summed E-state index contributed by atoms with van der Waals surface area (Å²) in [7, 11) is 1.62. The third kappa shape index (κ3) is 6.56. The lowest BCUT2D eigenvalue weighted by atomic mass is 10.1. The molecule has 1 N–H and O–H groups in total. The molecule has 0 spiro atoms. The molecule has 2 aliphatic heterocycles. The number of pyridine rings is 1. The Morgan fingerprint density at radius 2 is 1.87 bits per heavy atom. The average Bonchev–Trinajstić information content (AvgIpc) is 3.67. The molecule has 10 nitrogen and oxygen atoms in total. The number of nitrogens with zero attached hydrogens (tertiary/aromatic N) is 3. The first-order valence-corrected chi connectivity index (χ1v) is 16.6. The van der Waals surface area contributed by atoms with E-state index >= 15 is 0 Å². The molecule has 6 rings (SSSR count). The van der Waals surface area contributed by atoms with Crippen molar-refractivity contribution >= 4 is 28.7 Å². The zero-order chi connectivity index (χ0) is 33.1. The first-order chi connectivity index (χ1) is 22.8. The van der Waals surface area contributed by atoms with Crippen molar-refractivity contribution in [2.24, 2.45) is 5.92 Å². The second kappa shape index (κ2) is 13.7. The number of benzene rings is 2. The summed E-state index contributed by atoms with van der Waals surface area (Å²) in [5.41, 5.74) is 1.22. The fourth-order valence-corrected chi connectivity index (χ4v) is 6.98. The van der Waals surface area contributed by atoms with Gasteiger partial charge in [-0.3, -0.25) is 14.5 Å². The number of carbonyl (C=O) groups excluding carboxylic acids is 3. The van der Waals surface area contributed by atoms with E-state index in [1.807, 2.05) is 61.5 Å². The first-order valence-electron chi connectivity index (χ1n) is 16.6. The summed E-state index contributed by atoms with van der Waals surface area (Å²) in [4.78, 5) is 49.9. The molecule has 1 saturated carbocycles. The van der Waals surface area contributed by atoms with Gasteiger partial charge in [-0.25, -0.2) is 9.78 Å². The van der Waals surface area contributed by atoms with Gasteiger partial charge in [-0.1, -0.05) is 42.8 Å². The van der Waals surface area contributed by atoms with Gasteiger partial charge in [-0.2, -0.15) is 0 Å². The van der Waals surface area contributed by atoms with Crippen LogP contribution in [0.4, 0.5) is 0 Å². The summed E-state index contributed by atoms with van der Waals surface area (Å²) in [5, 5.41) is 3.78. The zero-order valence-corrected chi connectivity index (χ0v) is 27.4. The number of hydrogen-bond donors (Lipinski definition) is 1. The lowest BCUT2D eigenvalue weighted by Gasteiger charge is -2.35. The van der Waals surface area contributed by atoms with Crippen molar-refractivity contribution in [3.05, 3.63) is 67.3 Å². The number of piperidine rings is 1. The quantitative estimate of drug-likeness (QED) is 0.236. The molecule has 2 saturated heterocycles. The van der Waals surface area contributed by atoms with Crippen molar-refractivity contribution in [1.82, 2.24) is 20.1 Å². The van der Waals surface area contributed by atoms with Crippen LogP contribution in [0.5, 0.6) is 11.5 Å². The Labute approximate surface area is 276 Å². The number of aromatic nitrogens is 1. The Hall–Kier alpha value is -4.44. The second-order valence-corrected chi connectivity index (χ2v) is 12.7. The van der Waals surface area contributed by atoms with E-state index in [1.165, 1.54) is 0 Å². The second-order valence-electron chi connectivity index (χ2n) is 12.7. The lowest BCUT2D eigenvalue weighted by molar-refractivity contribution is -0.150. The van der Waals surface area contributed by atoms with Gasteiger partial charge in [0.15, 0.2) is 0 Å². The number of methoxy groups -OCH3 is 1. The monoisotopic (exact) mass is 640 g/mol. The van der Waals surface area contributed by atoms with Gasteiger partial charge < -0.3 is 24.4 Å². The van der Waals surface area contributed by atoms with Gasteiger partial charge in [0, 0.05) is 35.4 Å². The normalized spacial score (nSPS) is 24.7. The van der Waals surface area contributed by atoms with E-state index in [-0.39, 0.29) is 43.3 Å². The maximum Gasteiger partial charge on any atom is 0.332 e. The van der Waals surface area contributed by atoms with E-state index in [9.17, 15) is 14.4 Å².